The van der Waals surface area contributed by atoms with Gasteiger partial charge in [0.15, 0.2) is 5.82 Å². The number of sulfonamides is 1. The van der Waals surface area contributed by atoms with Crippen molar-refractivity contribution in [1.29, 1.82) is 0 Å². The van der Waals surface area contributed by atoms with Crippen molar-refractivity contribution in [3.05, 3.63) is 64.4 Å². The molecule has 0 saturated carbocycles. The van der Waals surface area contributed by atoms with Crippen LogP contribution >= 0.6 is 11.3 Å². The van der Waals surface area contributed by atoms with Crippen LogP contribution in [0.1, 0.15) is 29.3 Å². The van der Waals surface area contributed by atoms with Crippen LogP contribution in [-0.2, 0) is 14.8 Å². The summed E-state index contributed by atoms with van der Waals surface area (Å²) >= 11 is 1.36. The summed E-state index contributed by atoms with van der Waals surface area (Å²) in [6.45, 7) is 5.33. The minimum Gasteiger partial charge on any atom is -0.495 e. The molecule has 0 fully saturated rings. The van der Waals surface area contributed by atoms with Gasteiger partial charge in [-0.1, -0.05) is 12.1 Å². The Labute approximate surface area is 208 Å². The van der Waals surface area contributed by atoms with Crippen molar-refractivity contribution >= 4 is 27.3 Å². The Morgan fingerprint density at radius 3 is 2.54 bits per heavy atom. The highest BCUT2D eigenvalue weighted by molar-refractivity contribution is 7.93. The summed E-state index contributed by atoms with van der Waals surface area (Å²) in [7, 11) is -0.969. The number of para-hydroxylation sites is 2. The number of benzene rings is 1. The van der Waals surface area contributed by atoms with Gasteiger partial charge in [-0.2, -0.15) is 0 Å². The lowest BCUT2D eigenvalue weighted by atomic mass is 10.2. The van der Waals surface area contributed by atoms with Crippen LogP contribution in [0.2, 0.25) is 0 Å². The third kappa shape index (κ3) is 5.04. The molecule has 0 aliphatic heterocycles. The summed E-state index contributed by atoms with van der Waals surface area (Å²) in [5.41, 5.74) is 2.97. The fraction of sp³-hybridized carbons (Fsp3) is 0.304. The summed E-state index contributed by atoms with van der Waals surface area (Å²) in [6, 6.07) is 9.12. The molecule has 1 N–H and O–H groups in total. The number of aryl methyl sites for hydroxylation is 2. The van der Waals surface area contributed by atoms with Gasteiger partial charge in [0.05, 0.1) is 12.8 Å². The molecule has 1 aromatic carbocycles. The Bertz CT molecular complexity index is 1430. The Balaban J connectivity index is 1.80. The molecule has 0 spiro atoms. The fourth-order valence-electron chi connectivity index (χ4n) is 3.64. The van der Waals surface area contributed by atoms with Crippen molar-refractivity contribution in [2.45, 2.75) is 32.1 Å². The minimum atomic E-state index is -3.98. The average molecular weight is 515 g/mol. The topological polar surface area (TPSA) is 121 Å². The molecule has 3 aromatic heterocycles. The first kappa shape index (κ1) is 24.8. The monoisotopic (exact) mass is 514 g/mol. The minimum absolute atomic E-state index is 0.0167. The summed E-state index contributed by atoms with van der Waals surface area (Å²) in [5, 5.41) is 9.96. The molecular weight excluding hydrogens is 488 g/mol. The number of pyridine rings is 1. The lowest BCUT2D eigenvalue weighted by molar-refractivity contribution is 0.102. The molecule has 0 unspecified atom stereocenters. The zero-order valence-electron chi connectivity index (χ0n) is 20.0. The van der Waals surface area contributed by atoms with Crippen molar-refractivity contribution in [3.63, 3.8) is 0 Å². The first-order chi connectivity index (χ1) is 16.7. The van der Waals surface area contributed by atoms with E-state index >= 15 is 0 Å². The predicted octanol–water partition coefficient (Wildman–Crippen LogP) is 3.93. The Morgan fingerprint density at radius 2 is 1.89 bits per heavy atom. The number of hydrogen-bond donors (Lipinski definition) is 1. The van der Waals surface area contributed by atoms with Crippen LogP contribution in [0.15, 0.2) is 48.1 Å². The van der Waals surface area contributed by atoms with E-state index in [1.54, 1.807) is 43.1 Å². The maximum absolute atomic E-state index is 13.5. The van der Waals surface area contributed by atoms with E-state index in [4.69, 9.17) is 9.47 Å². The van der Waals surface area contributed by atoms with Crippen LogP contribution in [0, 0.1) is 13.8 Å². The summed E-state index contributed by atoms with van der Waals surface area (Å²) in [4.78, 5) is 8.65. The standard InChI is InChI=1S/C23H26N6O4S2/c1-14-10-17(12-24-11-14)21-26-27-23(29(21)18-8-6-7-9-19(18)32-4)28-35(30,31)16(3)20(33-5)22-25-15(2)13-34-22/h6-13,16,20H,1-5H3,(H,27,28)/t16-,20-/m0/s1. The summed E-state index contributed by atoms with van der Waals surface area (Å²) < 4.78 is 42.2. The number of hydrogen-bond acceptors (Lipinski definition) is 9. The van der Waals surface area contributed by atoms with Gasteiger partial charge in [0.25, 0.3) is 0 Å². The SMILES string of the molecule is COc1ccccc1-n1c(NS(=O)(=O)[C@@H](C)[C@H](OC)c2nc(C)cs2)nnc1-c1cncc(C)c1. The molecule has 0 bridgehead atoms. The molecule has 184 valence electrons. The van der Waals surface area contributed by atoms with Gasteiger partial charge >= 0.3 is 0 Å². The lowest BCUT2D eigenvalue weighted by Gasteiger charge is -2.22. The van der Waals surface area contributed by atoms with Gasteiger partial charge < -0.3 is 9.47 Å². The van der Waals surface area contributed by atoms with Gasteiger partial charge in [-0.25, -0.2) is 13.4 Å². The Kier molecular flexibility index (Phi) is 7.15. The number of thiazole rings is 1. The van der Waals surface area contributed by atoms with Crippen LogP contribution in [0.5, 0.6) is 5.75 Å². The van der Waals surface area contributed by atoms with Crippen molar-refractivity contribution < 1.29 is 17.9 Å². The van der Waals surface area contributed by atoms with Gasteiger partial charge in [0.1, 0.15) is 22.1 Å². The van der Waals surface area contributed by atoms with Crippen LogP contribution in [0.4, 0.5) is 5.95 Å². The molecular formula is C23H26N6O4S2. The van der Waals surface area contributed by atoms with Crippen molar-refractivity contribution in [1.82, 2.24) is 24.7 Å². The second-order valence-electron chi connectivity index (χ2n) is 7.94. The van der Waals surface area contributed by atoms with E-state index < -0.39 is 21.4 Å². The highest BCUT2D eigenvalue weighted by Crippen LogP contribution is 2.33. The van der Waals surface area contributed by atoms with E-state index in [0.29, 0.717) is 27.8 Å². The highest BCUT2D eigenvalue weighted by atomic mass is 32.2. The molecule has 0 amide bonds. The largest absolute Gasteiger partial charge is 0.495 e. The van der Waals surface area contributed by atoms with Crippen molar-refractivity contribution in [3.8, 4) is 22.8 Å². The molecule has 35 heavy (non-hydrogen) atoms. The van der Waals surface area contributed by atoms with E-state index in [2.05, 4.69) is 24.9 Å². The normalized spacial score (nSPS) is 13.4. The second kappa shape index (κ2) is 10.1. The lowest BCUT2D eigenvalue weighted by Crippen LogP contribution is -2.32. The number of methoxy groups -OCH3 is 2. The number of aromatic nitrogens is 5. The quantitative estimate of drug-likeness (QED) is 0.357. The third-order valence-corrected chi connectivity index (χ3v) is 8.12. The number of nitrogens with one attached hydrogen (secondary N) is 1. The van der Waals surface area contributed by atoms with E-state index in [-0.39, 0.29) is 5.95 Å². The predicted molar refractivity (Wildman–Crippen MR) is 134 cm³/mol. The molecule has 12 heteroatoms. The highest BCUT2D eigenvalue weighted by Gasteiger charge is 2.34. The first-order valence-corrected chi connectivity index (χ1v) is 13.1. The second-order valence-corrected chi connectivity index (χ2v) is 10.9. The maximum atomic E-state index is 13.5. The molecule has 0 saturated heterocycles. The van der Waals surface area contributed by atoms with Gasteiger partial charge in [0.2, 0.25) is 16.0 Å². The van der Waals surface area contributed by atoms with Crippen molar-refractivity contribution in [2.75, 3.05) is 18.9 Å². The van der Waals surface area contributed by atoms with Gasteiger partial charge in [-0.15, -0.1) is 21.5 Å². The van der Waals surface area contributed by atoms with E-state index in [1.807, 2.05) is 37.4 Å². The average Bonchev–Trinajstić information content (AvgIpc) is 3.45. The molecule has 0 aliphatic carbocycles. The molecule has 0 aliphatic rings. The Morgan fingerprint density at radius 1 is 1.11 bits per heavy atom. The number of nitrogens with zero attached hydrogens (tertiary/aromatic N) is 5. The van der Waals surface area contributed by atoms with E-state index in [0.717, 1.165) is 11.3 Å². The number of rotatable bonds is 9. The van der Waals surface area contributed by atoms with Crippen LogP contribution in [0.3, 0.4) is 0 Å². The zero-order valence-corrected chi connectivity index (χ0v) is 21.6. The van der Waals surface area contributed by atoms with Crippen LogP contribution < -0.4 is 9.46 Å². The molecule has 0 radical (unpaired) electrons. The van der Waals surface area contributed by atoms with Gasteiger partial charge in [-0.05, 0) is 44.5 Å². The van der Waals surface area contributed by atoms with Crippen molar-refractivity contribution in [2.24, 2.45) is 0 Å². The van der Waals surface area contributed by atoms with Crippen LogP contribution in [0.25, 0.3) is 17.1 Å². The smallest absolute Gasteiger partial charge is 0.243 e. The summed E-state index contributed by atoms with van der Waals surface area (Å²) in [5.74, 6) is 0.952. The molecule has 4 rings (SSSR count). The summed E-state index contributed by atoms with van der Waals surface area (Å²) in [6.07, 6.45) is 2.62. The number of ether oxygens (including phenoxy) is 2. The molecule has 10 nitrogen and oxygen atoms in total. The zero-order chi connectivity index (χ0) is 25.2. The Hall–Kier alpha value is -3.35. The molecule has 3 heterocycles. The maximum Gasteiger partial charge on any atom is 0.243 e. The van der Waals surface area contributed by atoms with Crippen LogP contribution in [-0.4, -0.2) is 52.6 Å². The van der Waals surface area contributed by atoms with E-state index in [1.165, 1.54) is 18.4 Å². The molecule has 2 atom stereocenters. The third-order valence-electron chi connectivity index (χ3n) is 5.41. The molecule has 4 aromatic rings. The van der Waals surface area contributed by atoms with E-state index in [9.17, 15) is 8.42 Å². The first-order valence-electron chi connectivity index (χ1n) is 10.7. The van der Waals surface area contributed by atoms with Gasteiger partial charge in [0, 0.05) is 36.1 Å². The fourth-order valence-corrected chi connectivity index (χ4v) is 5.84. The van der Waals surface area contributed by atoms with Gasteiger partial charge in [-0.3, -0.25) is 14.3 Å². The number of anilines is 1.